The lowest BCUT2D eigenvalue weighted by Crippen LogP contribution is -2.30. The number of rotatable bonds is 6. The lowest BCUT2D eigenvalue weighted by molar-refractivity contribution is -0.121. The van der Waals surface area contributed by atoms with Crippen LogP contribution in [0.25, 0.3) is 11.0 Å². The quantitative estimate of drug-likeness (QED) is 0.577. The summed E-state index contributed by atoms with van der Waals surface area (Å²) in [5.41, 5.74) is 2.03. The Balaban J connectivity index is 2.23. The molecule has 0 unspecified atom stereocenters. The van der Waals surface area contributed by atoms with Gasteiger partial charge in [-0.05, 0) is 54.6 Å². The third kappa shape index (κ3) is 4.32. The molecule has 0 fully saturated rings. The number of imidazole rings is 1. The van der Waals surface area contributed by atoms with E-state index in [0.717, 1.165) is 20.4 Å². The van der Waals surface area contributed by atoms with Crippen LogP contribution in [0.5, 0.6) is 0 Å². The lowest BCUT2D eigenvalue weighted by atomic mass is 10.3. The van der Waals surface area contributed by atoms with Gasteiger partial charge in [-0.2, -0.15) is 0 Å². The van der Waals surface area contributed by atoms with E-state index in [2.05, 4.69) is 55.7 Å². The second-order valence-electron chi connectivity index (χ2n) is 5.22. The summed E-state index contributed by atoms with van der Waals surface area (Å²) < 4.78 is 3.26. The van der Waals surface area contributed by atoms with Gasteiger partial charge in [0.1, 0.15) is 5.82 Å². The van der Waals surface area contributed by atoms with Crippen molar-refractivity contribution in [1.82, 2.24) is 14.9 Å². The number of aryl methyl sites for hydroxylation is 2. The van der Waals surface area contributed by atoms with Crippen LogP contribution in [-0.4, -0.2) is 27.4 Å². The molecule has 0 aliphatic rings. The first-order chi connectivity index (χ1) is 10.0. The Kier molecular flexibility index (Phi) is 5.87. The Morgan fingerprint density at radius 1 is 1.48 bits per heavy atom. The van der Waals surface area contributed by atoms with Crippen LogP contribution in [0.3, 0.4) is 0 Å². The van der Waals surface area contributed by atoms with E-state index in [4.69, 9.17) is 11.6 Å². The van der Waals surface area contributed by atoms with Gasteiger partial charge in [-0.3, -0.25) is 4.79 Å². The van der Waals surface area contributed by atoms with Gasteiger partial charge >= 0.3 is 0 Å². The monoisotopic (exact) mass is 419 g/mol. The lowest BCUT2D eigenvalue weighted by Gasteiger charge is -2.11. The minimum absolute atomic E-state index is 0.0641. The van der Waals surface area contributed by atoms with Crippen LogP contribution >= 0.6 is 34.2 Å². The number of amides is 1. The molecule has 0 radical (unpaired) electrons. The number of halogens is 2. The average Bonchev–Trinajstić information content (AvgIpc) is 2.72. The highest BCUT2D eigenvalue weighted by Crippen LogP contribution is 2.20. The second kappa shape index (κ2) is 7.45. The molecule has 2 aromatic rings. The Bertz CT molecular complexity index is 639. The van der Waals surface area contributed by atoms with Crippen LogP contribution in [0.15, 0.2) is 18.2 Å². The van der Waals surface area contributed by atoms with Crippen LogP contribution in [0.2, 0.25) is 0 Å². The molecule has 1 N–H and O–H groups in total. The standard InChI is InChI=1S/C15H19ClIN3O/c1-10(2)18-15(21)6-8-20-13-4-3-11(17)9-12(13)19-14(20)5-7-16/h3-4,9-10H,5-8H2,1-2H3,(H,18,21). The molecule has 1 aromatic heterocycles. The van der Waals surface area contributed by atoms with Crippen LogP contribution in [-0.2, 0) is 17.8 Å². The van der Waals surface area contributed by atoms with Crippen LogP contribution in [0.4, 0.5) is 0 Å². The highest BCUT2D eigenvalue weighted by molar-refractivity contribution is 14.1. The first-order valence-electron chi connectivity index (χ1n) is 7.01. The highest BCUT2D eigenvalue weighted by Gasteiger charge is 2.12. The molecule has 21 heavy (non-hydrogen) atoms. The number of hydrogen-bond donors (Lipinski definition) is 1. The summed E-state index contributed by atoms with van der Waals surface area (Å²) in [6, 6.07) is 6.33. The average molecular weight is 420 g/mol. The maximum Gasteiger partial charge on any atom is 0.221 e. The van der Waals surface area contributed by atoms with Gasteiger partial charge in [0.15, 0.2) is 0 Å². The minimum atomic E-state index is 0.0641. The SMILES string of the molecule is CC(C)NC(=O)CCn1c(CCCl)nc2cc(I)ccc21. The summed E-state index contributed by atoms with van der Waals surface area (Å²) in [5.74, 6) is 1.53. The van der Waals surface area contributed by atoms with Crippen molar-refractivity contribution >= 4 is 51.1 Å². The summed E-state index contributed by atoms with van der Waals surface area (Å²) in [7, 11) is 0. The fourth-order valence-electron chi connectivity index (χ4n) is 2.29. The summed E-state index contributed by atoms with van der Waals surface area (Å²) in [4.78, 5) is 16.5. The number of aromatic nitrogens is 2. The number of nitrogens with one attached hydrogen (secondary N) is 1. The van der Waals surface area contributed by atoms with E-state index in [-0.39, 0.29) is 11.9 Å². The Morgan fingerprint density at radius 3 is 2.90 bits per heavy atom. The van der Waals surface area contributed by atoms with E-state index < -0.39 is 0 Å². The van der Waals surface area contributed by atoms with Crippen LogP contribution in [0.1, 0.15) is 26.1 Å². The van der Waals surface area contributed by atoms with Gasteiger partial charge in [-0.1, -0.05) is 0 Å². The van der Waals surface area contributed by atoms with E-state index in [9.17, 15) is 4.79 Å². The molecule has 0 saturated heterocycles. The number of carbonyl (C=O) groups is 1. The fourth-order valence-corrected chi connectivity index (χ4v) is 2.93. The van der Waals surface area contributed by atoms with Crippen LogP contribution in [0, 0.1) is 3.57 Å². The molecule has 1 aromatic carbocycles. The Morgan fingerprint density at radius 2 is 2.24 bits per heavy atom. The zero-order valence-electron chi connectivity index (χ0n) is 12.2. The molecule has 114 valence electrons. The van der Waals surface area contributed by atoms with Gasteiger partial charge in [0, 0.05) is 34.9 Å². The van der Waals surface area contributed by atoms with E-state index in [1.54, 1.807) is 0 Å². The largest absolute Gasteiger partial charge is 0.354 e. The molecule has 6 heteroatoms. The van der Waals surface area contributed by atoms with Crippen LogP contribution < -0.4 is 5.32 Å². The van der Waals surface area contributed by atoms with Crippen molar-refractivity contribution < 1.29 is 4.79 Å². The number of carbonyl (C=O) groups excluding carboxylic acids is 1. The summed E-state index contributed by atoms with van der Waals surface area (Å²) in [6.45, 7) is 4.55. The molecule has 0 aliphatic carbocycles. The number of benzene rings is 1. The zero-order chi connectivity index (χ0) is 15.4. The number of fused-ring (bicyclic) bond motifs is 1. The van der Waals surface area contributed by atoms with E-state index >= 15 is 0 Å². The van der Waals surface area contributed by atoms with Crippen molar-refractivity contribution in [2.45, 2.75) is 39.3 Å². The Hall–Kier alpha value is -0.820. The molecule has 0 saturated carbocycles. The van der Waals surface area contributed by atoms with Crippen molar-refractivity contribution in [3.63, 3.8) is 0 Å². The molecule has 4 nitrogen and oxygen atoms in total. The predicted molar refractivity (Wildman–Crippen MR) is 94.8 cm³/mol. The van der Waals surface area contributed by atoms with Gasteiger partial charge in [0.2, 0.25) is 5.91 Å². The fraction of sp³-hybridized carbons (Fsp3) is 0.467. The van der Waals surface area contributed by atoms with Gasteiger partial charge in [0.05, 0.1) is 11.0 Å². The third-order valence-electron chi connectivity index (χ3n) is 3.12. The third-order valence-corrected chi connectivity index (χ3v) is 3.98. The molecule has 0 spiro atoms. The van der Waals surface area contributed by atoms with E-state index in [1.807, 2.05) is 13.8 Å². The van der Waals surface area contributed by atoms with Gasteiger partial charge in [0.25, 0.3) is 0 Å². The normalized spacial score (nSPS) is 11.3. The molecule has 1 amide bonds. The van der Waals surface area contributed by atoms with Gasteiger partial charge in [-0.15, -0.1) is 11.6 Å². The number of alkyl halides is 1. The zero-order valence-corrected chi connectivity index (χ0v) is 15.1. The first kappa shape index (κ1) is 16.5. The number of hydrogen-bond acceptors (Lipinski definition) is 2. The molecule has 0 atom stereocenters. The van der Waals surface area contributed by atoms with Crippen molar-refractivity contribution in [2.75, 3.05) is 5.88 Å². The Labute approximate surface area is 143 Å². The van der Waals surface area contributed by atoms with Crippen molar-refractivity contribution in [1.29, 1.82) is 0 Å². The van der Waals surface area contributed by atoms with Crippen molar-refractivity contribution in [2.24, 2.45) is 0 Å². The predicted octanol–water partition coefficient (Wildman–Crippen LogP) is 3.34. The van der Waals surface area contributed by atoms with E-state index in [0.29, 0.717) is 25.3 Å². The van der Waals surface area contributed by atoms with E-state index in [1.165, 1.54) is 0 Å². The molecule has 1 heterocycles. The van der Waals surface area contributed by atoms with Crippen molar-refractivity contribution in [3.8, 4) is 0 Å². The minimum Gasteiger partial charge on any atom is -0.354 e. The number of nitrogens with zero attached hydrogens (tertiary/aromatic N) is 2. The first-order valence-corrected chi connectivity index (χ1v) is 8.62. The molecule has 0 bridgehead atoms. The molecule has 2 rings (SSSR count). The molecular formula is C15H19ClIN3O. The maximum absolute atomic E-state index is 11.8. The smallest absolute Gasteiger partial charge is 0.221 e. The summed E-state index contributed by atoms with van der Waals surface area (Å²) in [6.07, 6.45) is 1.16. The molecule has 0 aliphatic heterocycles. The van der Waals surface area contributed by atoms with Gasteiger partial charge in [-0.25, -0.2) is 4.98 Å². The summed E-state index contributed by atoms with van der Waals surface area (Å²) in [5, 5.41) is 2.91. The topological polar surface area (TPSA) is 46.9 Å². The highest BCUT2D eigenvalue weighted by atomic mass is 127. The van der Waals surface area contributed by atoms with Crippen molar-refractivity contribution in [3.05, 3.63) is 27.6 Å². The summed E-state index contributed by atoms with van der Waals surface area (Å²) >= 11 is 8.14. The maximum atomic E-state index is 11.8. The van der Waals surface area contributed by atoms with Gasteiger partial charge < -0.3 is 9.88 Å². The molecular weight excluding hydrogens is 401 g/mol. The second-order valence-corrected chi connectivity index (χ2v) is 6.85.